The lowest BCUT2D eigenvalue weighted by molar-refractivity contribution is 0.221. The molecule has 0 saturated carbocycles. The molecule has 3 heteroatoms. The van der Waals surface area contributed by atoms with Crippen LogP contribution >= 0.6 is 11.6 Å². The molecule has 78 valence electrons. The van der Waals surface area contributed by atoms with Crippen LogP contribution in [0.15, 0.2) is 18.2 Å². The van der Waals surface area contributed by atoms with Crippen LogP contribution in [-0.2, 0) is 12.2 Å². The van der Waals surface area contributed by atoms with Gasteiger partial charge in [-0.3, -0.25) is 0 Å². The average molecular weight is 216 g/mol. The molecule has 1 aromatic carbocycles. The Morgan fingerprint density at radius 3 is 2.50 bits per heavy atom. The molecule has 1 aromatic rings. The van der Waals surface area contributed by atoms with Crippen LogP contribution in [0.5, 0.6) is 0 Å². The third-order valence-corrected chi connectivity index (χ3v) is 2.46. The van der Waals surface area contributed by atoms with E-state index >= 15 is 0 Å². The molecule has 0 aliphatic rings. The first-order chi connectivity index (χ1) is 6.45. The predicted octanol–water partition coefficient (Wildman–Crippen LogP) is 3.26. The first kappa shape index (κ1) is 11.5. The van der Waals surface area contributed by atoms with Gasteiger partial charge in [0.1, 0.15) is 5.67 Å². The molecule has 1 rings (SSSR count). The fourth-order valence-electron chi connectivity index (χ4n) is 1.25. The standard InChI is InChI=1S/C11H15ClFN/c1-11(2,13)9-5-4-8(7-14-3)10(12)6-9/h4-6,14H,7H2,1-3H3. The molecule has 0 aromatic heterocycles. The lowest BCUT2D eigenvalue weighted by atomic mass is 9.99. The fourth-order valence-corrected chi connectivity index (χ4v) is 1.50. The third-order valence-electron chi connectivity index (χ3n) is 2.11. The van der Waals surface area contributed by atoms with Crippen molar-refractivity contribution in [3.05, 3.63) is 34.3 Å². The van der Waals surface area contributed by atoms with Gasteiger partial charge in [-0.1, -0.05) is 23.7 Å². The lowest BCUT2D eigenvalue weighted by Gasteiger charge is -2.16. The second-order valence-electron chi connectivity index (χ2n) is 3.81. The van der Waals surface area contributed by atoms with E-state index in [4.69, 9.17) is 11.6 Å². The monoisotopic (exact) mass is 215 g/mol. The van der Waals surface area contributed by atoms with Gasteiger partial charge in [0.2, 0.25) is 0 Å². The van der Waals surface area contributed by atoms with E-state index in [0.29, 0.717) is 17.1 Å². The number of rotatable bonds is 3. The van der Waals surface area contributed by atoms with Crippen molar-refractivity contribution in [1.82, 2.24) is 5.32 Å². The topological polar surface area (TPSA) is 12.0 Å². The largest absolute Gasteiger partial charge is 0.316 e. The van der Waals surface area contributed by atoms with Crippen molar-refractivity contribution >= 4 is 11.6 Å². The molecule has 0 radical (unpaired) electrons. The van der Waals surface area contributed by atoms with Gasteiger partial charge in [-0.05, 0) is 38.1 Å². The molecule has 1 N–H and O–H groups in total. The van der Waals surface area contributed by atoms with E-state index in [1.54, 1.807) is 12.1 Å². The Morgan fingerprint density at radius 2 is 2.07 bits per heavy atom. The smallest absolute Gasteiger partial charge is 0.130 e. The van der Waals surface area contributed by atoms with E-state index in [1.807, 2.05) is 13.1 Å². The summed E-state index contributed by atoms with van der Waals surface area (Å²) in [5.74, 6) is 0. The van der Waals surface area contributed by atoms with Gasteiger partial charge in [0.15, 0.2) is 0 Å². The van der Waals surface area contributed by atoms with Gasteiger partial charge in [-0.15, -0.1) is 0 Å². The third kappa shape index (κ3) is 2.69. The van der Waals surface area contributed by atoms with Crippen molar-refractivity contribution in [2.75, 3.05) is 7.05 Å². The molecule has 0 atom stereocenters. The van der Waals surface area contributed by atoms with Crippen LogP contribution in [0.2, 0.25) is 5.02 Å². The zero-order chi connectivity index (χ0) is 10.8. The summed E-state index contributed by atoms with van der Waals surface area (Å²) < 4.78 is 13.5. The Bertz CT molecular complexity index is 318. The summed E-state index contributed by atoms with van der Waals surface area (Å²) in [5, 5.41) is 3.62. The Kier molecular flexibility index (Phi) is 3.51. The normalized spacial score (nSPS) is 11.8. The molecule has 1 nitrogen and oxygen atoms in total. The Balaban J connectivity index is 3.01. The van der Waals surface area contributed by atoms with Crippen LogP contribution in [-0.4, -0.2) is 7.05 Å². The highest BCUT2D eigenvalue weighted by atomic mass is 35.5. The number of halogens is 2. The minimum atomic E-state index is -1.33. The number of alkyl halides is 1. The van der Waals surface area contributed by atoms with E-state index in [9.17, 15) is 4.39 Å². The Morgan fingerprint density at radius 1 is 1.43 bits per heavy atom. The van der Waals surface area contributed by atoms with E-state index in [1.165, 1.54) is 13.8 Å². The molecule has 0 aliphatic heterocycles. The van der Waals surface area contributed by atoms with Crippen molar-refractivity contribution in [1.29, 1.82) is 0 Å². The number of nitrogens with one attached hydrogen (secondary N) is 1. The number of hydrogen-bond donors (Lipinski definition) is 1. The van der Waals surface area contributed by atoms with Crippen LogP contribution in [0.1, 0.15) is 25.0 Å². The summed E-state index contributed by atoms with van der Waals surface area (Å²) in [6, 6.07) is 5.32. The molecule has 0 aliphatic carbocycles. The molecule has 0 saturated heterocycles. The molecule has 0 bridgehead atoms. The van der Waals surface area contributed by atoms with Gasteiger partial charge in [-0.25, -0.2) is 4.39 Å². The number of hydrogen-bond acceptors (Lipinski definition) is 1. The van der Waals surface area contributed by atoms with E-state index < -0.39 is 5.67 Å². The van der Waals surface area contributed by atoms with E-state index in [0.717, 1.165) is 5.56 Å². The average Bonchev–Trinajstić information content (AvgIpc) is 2.07. The van der Waals surface area contributed by atoms with Crippen molar-refractivity contribution in [3.63, 3.8) is 0 Å². The van der Waals surface area contributed by atoms with Gasteiger partial charge in [0.25, 0.3) is 0 Å². The molecule has 14 heavy (non-hydrogen) atoms. The van der Waals surface area contributed by atoms with Crippen molar-refractivity contribution in [2.45, 2.75) is 26.1 Å². The SMILES string of the molecule is CNCc1ccc(C(C)(C)F)cc1Cl. The fraction of sp³-hybridized carbons (Fsp3) is 0.455. The zero-order valence-electron chi connectivity index (χ0n) is 8.70. The van der Waals surface area contributed by atoms with E-state index in [2.05, 4.69) is 5.32 Å². The van der Waals surface area contributed by atoms with Crippen LogP contribution < -0.4 is 5.32 Å². The minimum Gasteiger partial charge on any atom is -0.316 e. The maximum Gasteiger partial charge on any atom is 0.130 e. The second kappa shape index (κ2) is 4.28. The minimum absolute atomic E-state index is 0.613. The maximum atomic E-state index is 13.5. The highest BCUT2D eigenvalue weighted by Crippen LogP contribution is 2.28. The first-order valence-corrected chi connectivity index (χ1v) is 4.95. The van der Waals surface area contributed by atoms with Gasteiger partial charge >= 0.3 is 0 Å². The first-order valence-electron chi connectivity index (χ1n) is 4.57. The van der Waals surface area contributed by atoms with Crippen LogP contribution in [0.3, 0.4) is 0 Å². The quantitative estimate of drug-likeness (QED) is 0.816. The molecule has 0 unspecified atom stereocenters. The molecular formula is C11H15ClFN. The van der Waals surface area contributed by atoms with Crippen molar-refractivity contribution in [2.24, 2.45) is 0 Å². The van der Waals surface area contributed by atoms with E-state index in [-0.39, 0.29) is 0 Å². The number of benzene rings is 1. The summed E-state index contributed by atoms with van der Waals surface area (Å²) in [6.45, 7) is 3.75. The highest BCUT2D eigenvalue weighted by Gasteiger charge is 2.19. The Hall–Kier alpha value is -0.600. The zero-order valence-corrected chi connectivity index (χ0v) is 9.45. The van der Waals surface area contributed by atoms with Crippen LogP contribution in [0.25, 0.3) is 0 Å². The molecule has 0 fully saturated rings. The Labute approximate surface area is 89.3 Å². The second-order valence-corrected chi connectivity index (χ2v) is 4.22. The maximum absolute atomic E-state index is 13.5. The lowest BCUT2D eigenvalue weighted by Crippen LogP contribution is -2.10. The van der Waals surface area contributed by atoms with Crippen molar-refractivity contribution < 1.29 is 4.39 Å². The summed E-state index contributed by atoms with van der Waals surface area (Å²) in [6.07, 6.45) is 0. The summed E-state index contributed by atoms with van der Waals surface area (Å²) in [5.41, 5.74) is 0.270. The van der Waals surface area contributed by atoms with Gasteiger partial charge in [0.05, 0.1) is 0 Å². The molecule has 0 amide bonds. The summed E-state index contributed by atoms with van der Waals surface area (Å²) in [7, 11) is 1.85. The summed E-state index contributed by atoms with van der Waals surface area (Å²) in [4.78, 5) is 0. The molecule has 0 heterocycles. The predicted molar refractivity (Wildman–Crippen MR) is 58.3 cm³/mol. The van der Waals surface area contributed by atoms with Crippen LogP contribution in [0.4, 0.5) is 4.39 Å². The van der Waals surface area contributed by atoms with Gasteiger partial charge < -0.3 is 5.32 Å². The van der Waals surface area contributed by atoms with Gasteiger partial charge in [-0.2, -0.15) is 0 Å². The van der Waals surface area contributed by atoms with Gasteiger partial charge in [0, 0.05) is 11.6 Å². The molecule has 0 spiro atoms. The summed E-state index contributed by atoms with van der Waals surface area (Å²) >= 11 is 6.01. The molecular weight excluding hydrogens is 201 g/mol. The highest BCUT2D eigenvalue weighted by molar-refractivity contribution is 6.31. The van der Waals surface area contributed by atoms with Crippen molar-refractivity contribution in [3.8, 4) is 0 Å². The van der Waals surface area contributed by atoms with Crippen LogP contribution in [0, 0.1) is 0 Å².